The molecule has 1 aromatic heterocycles. The number of hydrogen-bond donors (Lipinski definition) is 0. The van der Waals surface area contributed by atoms with E-state index in [1.807, 2.05) is 36.4 Å². The van der Waals surface area contributed by atoms with Crippen LogP contribution >= 0.6 is 11.3 Å². The number of ether oxygens (including phenoxy) is 1. The molecule has 0 saturated heterocycles. The van der Waals surface area contributed by atoms with Crippen LogP contribution in [0.25, 0.3) is 10.6 Å². The number of rotatable bonds is 2. The van der Waals surface area contributed by atoms with Crippen molar-refractivity contribution in [3.05, 3.63) is 59.1 Å². The first-order chi connectivity index (χ1) is 13.6. The number of nitrogens with zero attached hydrogens (tertiary/aromatic N) is 3. The Bertz CT molecular complexity index is 1110. The molecule has 140 valence electrons. The summed E-state index contributed by atoms with van der Waals surface area (Å²) in [6, 6.07) is 13.4. The maximum atomic E-state index is 13.2. The van der Waals surface area contributed by atoms with Gasteiger partial charge in [0, 0.05) is 19.0 Å². The minimum Gasteiger partial charge on any atom is -0.493 e. The van der Waals surface area contributed by atoms with Gasteiger partial charge in [0.25, 0.3) is 5.91 Å². The maximum absolute atomic E-state index is 13.2. The number of carbonyl (C=O) groups excluding carboxylic acids is 2. The summed E-state index contributed by atoms with van der Waals surface area (Å²) in [6.45, 7) is 0.729. The van der Waals surface area contributed by atoms with Gasteiger partial charge in [-0.05, 0) is 35.9 Å². The molecule has 7 heteroatoms. The third-order valence-corrected chi connectivity index (χ3v) is 6.13. The Balaban J connectivity index is 1.47. The minimum atomic E-state index is -0.206. The highest BCUT2D eigenvalue weighted by atomic mass is 32.1. The topological polar surface area (TPSA) is 62.7 Å². The van der Waals surface area contributed by atoms with Crippen LogP contribution in [0.15, 0.2) is 48.7 Å². The van der Waals surface area contributed by atoms with Crippen molar-refractivity contribution in [3.8, 4) is 16.3 Å². The van der Waals surface area contributed by atoms with Crippen LogP contribution in [0.4, 0.5) is 11.4 Å². The Morgan fingerprint density at radius 1 is 1.18 bits per heavy atom. The van der Waals surface area contributed by atoms with Gasteiger partial charge in [0.05, 0.1) is 24.2 Å². The van der Waals surface area contributed by atoms with Crippen LogP contribution < -0.4 is 14.5 Å². The third kappa shape index (κ3) is 2.66. The van der Waals surface area contributed by atoms with Crippen molar-refractivity contribution >= 4 is 34.5 Å². The average molecular weight is 391 g/mol. The monoisotopic (exact) mass is 391 g/mol. The molecule has 0 aliphatic carbocycles. The van der Waals surface area contributed by atoms with E-state index in [9.17, 15) is 9.59 Å². The van der Waals surface area contributed by atoms with E-state index in [1.54, 1.807) is 18.1 Å². The summed E-state index contributed by atoms with van der Waals surface area (Å²) in [5.41, 5.74) is 3.61. The number of thiazole rings is 1. The summed E-state index contributed by atoms with van der Waals surface area (Å²) in [7, 11) is 1.73. The molecule has 0 spiro atoms. The molecule has 0 radical (unpaired) electrons. The van der Waals surface area contributed by atoms with Gasteiger partial charge < -0.3 is 9.64 Å². The van der Waals surface area contributed by atoms with Crippen molar-refractivity contribution in [2.24, 2.45) is 0 Å². The van der Waals surface area contributed by atoms with Gasteiger partial charge in [-0.25, -0.2) is 4.98 Å². The molecular weight excluding hydrogens is 374 g/mol. The molecule has 2 amide bonds. The molecule has 2 aliphatic rings. The van der Waals surface area contributed by atoms with Crippen molar-refractivity contribution in [1.82, 2.24) is 4.98 Å². The van der Waals surface area contributed by atoms with Crippen LogP contribution in [0.3, 0.4) is 0 Å². The second-order valence-electron chi connectivity index (χ2n) is 6.78. The first-order valence-corrected chi connectivity index (χ1v) is 9.83. The van der Waals surface area contributed by atoms with Crippen LogP contribution in [-0.4, -0.2) is 37.0 Å². The number of benzene rings is 2. The van der Waals surface area contributed by atoms with Crippen LogP contribution in [0.1, 0.15) is 15.2 Å². The second-order valence-corrected chi connectivity index (χ2v) is 7.81. The van der Waals surface area contributed by atoms with E-state index in [0.717, 1.165) is 34.1 Å². The summed E-state index contributed by atoms with van der Waals surface area (Å²) in [4.78, 5) is 33.6. The van der Waals surface area contributed by atoms with E-state index in [1.165, 1.54) is 21.8 Å². The quantitative estimate of drug-likeness (QED) is 0.672. The standard InChI is InChI=1S/C21H17N3O3S/c1-23-15-4-2-3-5-16(15)24(12-19(23)25)21(26)18-11-22-20(28-18)14-6-7-17-13(10-14)8-9-27-17/h2-7,10-11H,8-9,12H2,1H3. The van der Waals surface area contributed by atoms with E-state index in [0.29, 0.717) is 11.5 Å². The SMILES string of the molecule is CN1C(=O)CN(C(=O)c2cnc(-c3ccc4c(c3)CCO4)s2)c2ccccc21. The molecule has 0 saturated carbocycles. The lowest BCUT2D eigenvalue weighted by Crippen LogP contribution is -2.46. The van der Waals surface area contributed by atoms with E-state index < -0.39 is 0 Å². The molecule has 0 N–H and O–H groups in total. The highest BCUT2D eigenvalue weighted by molar-refractivity contribution is 7.17. The zero-order valence-electron chi connectivity index (χ0n) is 15.2. The molecule has 3 heterocycles. The Morgan fingerprint density at radius 2 is 2.00 bits per heavy atom. The largest absolute Gasteiger partial charge is 0.493 e. The molecule has 2 aliphatic heterocycles. The van der Waals surface area contributed by atoms with Gasteiger partial charge in [0.2, 0.25) is 5.91 Å². The van der Waals surface area contributed by atoms with Gasteiger partial charge in [0.1, 0.15) is 22.2 Å². The zero-order chi connectivity index (χ0) is 19.3. The Morgan fingerprint density at radius 3 is 2.86 bits per heavy atom. The lowest BCUT2D eigenvalue weighted by atomic mass is 10.1. The highest BCUT2D eigenvalue weighted by Gasteiger charge is 2.31. The number of fused-ring (bicyclic) bond motifs is 2. The van der Waals surface area contributed by atoms with Crippen LogP contribution in [0.2, 0.25) is 0 Å². The van der Waals surface area contributed by atoms with Crippen LogP contribution in [0, 0.1) is 0 Å². The molecule has 3 aromatic rings. The minimum absolute atomic E-state index is 0.0236. The predicted octanol–water partition coefficient (Wildman–Crippen LogP) is 3.37. The lowest BCUT2D eigenvalue weighted by molar-refractivity contribution is -0.117. The number of aromatic nitrogens is 1. The van der Waals surface area contributed by atoms with E-state index in [4.69, 9.17) is 4.74 Å². The molecule has 0 bridgehead atoms. The fourth-order valence-corrected chi connectivity index (χ4v) is 4.44. The zero-order valence-corrected chi connectivity index (χ0v) is 16.0. The predicted molar refractivity (Wildman–Crippen MR) is 108 cm³/mol. The number of carbonyl (C=O) groups is 2. The van der Waals surface area contributed by atoms with Crippen molar-refractivity contribution in [1.29, 1.82) is 0 Å². The smallest absolute Gasteiger partial charge is 0.270 e. The molecular formula is C21H17N3O3S. The molecule has 2 aromatic carbocycles. The average Bonchev–Trinajstić information content (AvgIpc) is 3.39. The van der Waals surface area contributed by atoms with Crippen molar-refractivity contribution < 1.29 is 14.3 Å². The summed E-state index contributed by atoms with van der Waals surface area (Å²) in [6.07, 6.45) is 2.48. The van der Waals surface area contributed by atoms with Crippen LogP contribution in [0.5, 0.6) is 5.75 Å². The molecule has 28 heavy (non-hydrogen) atoms. The van der Waals surface area contributed by atoms with E-state index in [2.05, 4.69) is 11.1 Å². The van der Waals surface area contributed by atoms with Crippen LogP contribution in [-0.2, 0) is 11.2 Å². The van der Waals surface area contributed by atoms with E-state index in [-0.39, 0.29) is 18.4 Å². The second kappa shape index (κ2) is 6.45. The maximum Gasteiger partial charge on any atom is 0.270 e. The van der Waals surface area contributed by atoms with Gasteiger partial charge in [0.15, 0.2) is 0 Å². The van der Waals surface area contributed by atoms with Gasteiger partial charge in [-0.3, -0.25) is 14.5 Å². The fourth-order valence-electron chi connectivity index (χ4n) is 3.58. The molecule has 0 atom stereocenters. The van der Waals surface area contributed by atoms with Crippen molar-refractivity contribution in [3.63, 3.8) is 0 Å². The number of hydrogen-bond acceptors (Lipinski definition) is 5. The van der Waals surface area contributed by atoms with Crippen molar-refractivity contribution in [2.45, 2.75) is 6.42 Å². The summed E-state index contributed by atoms with van der Waals surface area (Å²) < 4.78 is 5.55. The number of anilines is 2. The van der Waals surface area contributed by atoms with Gasteiger partial charge in [-0.15, -0.1) is 11.3 Å². The first-order valence-electron chi connectivity index (χ1n) is 9.01. The molecule has 5 rings (SSSR count). The Labute approximate surface area is 166 Å². The number of amides is 2. The lowest BCUT2D eigenvalue weighted by Gasteiger charge is -2.33. The van der Waals surface area contributed by atoms with Crippen molar-refractivity contribution in [2.75, 3.05) is 30.0 Å². The fraction of sp³-hybridized carbons (Fsp3) is 0.190. The Hall–Kier alpha value is -3.19. The number of para-hydroxylation sites is 2. The third-order valence-electron chi connectivity index (χ3n) is 5.10. The molecule has 6 nitrogen and oxygen atoms in total. The summed E-state index contributed by atoms with van der Waals surface area (Å²) in [5.74, 6) is 0.599. The normalized spacial score (nSPS) is 15.2. The van der Waals surface area contributed by atoms with Gasteiger partial charge in [-0.1, -0.05) is 12.1 Å². The summed E-state index contributed by atoms with van der Waals surface area (Å²) in [5, 5.41) is 0.784. The Kier molecular flexibility index (Phi) is 3.91. The summed E-state index contributed by atoms with van der Waals surface area (Å²) >= 11 is 1.34. The van der Waals surface area contributed by atoms with E-state index >= 15 is 0 Å². The van der Waals surface area contributed by atoms with Gasteiger partial charge in [-0.2, -0.15) is 0 Å². The van der Waals surface area contributed by atoms with Gasteiger partial charge >= 0.3 is 0 Å². The molecule has 0 fully saturated rings. The molecule has 0 unspecified atom stereocenters. The first kappa shape index (κ1) is 16.9. The number of likely N-dealkylation sites (N-methyl/N-ethyl adjacent to an activating group) is 1. The highest BCUT2D eigenvalue weighted by Crippen LogP contribution is 2.36.